The van der Waals surface area contributed by atoms with Gasteiger partial charge in [0, 0.05) is 6.42 Å². The van der Waals surface area contributed by atoms with E-state index >= 15 is 0 Å². The van der Waals surface area contributed by atoms with Crippen LogP contribution in [0, 0.1) is 5.92 Å². The normalized spacial score (nSPS) is 10.8. The van der Waals surface area contributed by atoms with E-state index < -0.39 is 5.91 Å². The second kappa shape index (κ2) is 5.87. The number of rotatable bonds is 4. The molecular formula is C13H16N4O2S. The minimum absolute atomic E-state index is 0.116. The highest BCUT2D eigenvalue weighted by Crippen LogP contribution is 2.26. The molecule has 0 bridgehead atoms. The summed E-state index contributed by atoms with van der Waals surface area (Å²) in [5, 5.41) is 21.6. The number of hydrogen-bond donors (Lipinski definition) is 3. The van der Waals surface area contributed by atoms with E-state index in [4.69, 9.17) is 5.73 Å². The van der Waals surface area contributed by atoms with Gasteiger partial charge in [-0.1, -0.05) is 31.3 Å². The number of nitrogens with zero attached hydrogens (tertiary/aromatic N) is 2. The predicted molar refractivity (Wildman–Crippen MR) is 78.9 cm³/mol. The van der Waals surface area contributed by atoms with Crippen LogP contribution in [0.4, 0.5) is 10.8 Å². The molecule has 0 radical (unpaired) electrons. The quantitative estimate of drug-likeness (QED) is 0.593. The number of nitrogens with two attached hydrogens (primary N) is 1. The molecule has 6 nitrogen and oxygen atoms in total. The van der Waals surface area contributed by atoms with Gasteiger partial charge in [-0.05, 0) is 18.1 Å². The third-order valence-electron chi connectivity index (χ3n) is 2.58. The summed E-state index contributed by atoms with van der Waals surface area (Å²) in [6.07, 6.45) is 0.817. The van der Waals surface area contributed by atoms with Crippen molar-refractivity contribution in [2.24, 2.45) is 5.92 Å². The number of phenols is 1. The lowest BCUT2D eigenvalue weighted by Gasteiger charge is -2.05. The van der Waals surface area contributed by atoms with Gasteiger partial charge in [0.05, 0.1) is 11.3 Å². The highest BCUT2D eigenvalue weighted by Gasteiger charge is 2.15. The SMILES string of the molecule is CC(C)Cc1nnc(NC(=O)c2cccc(N)c2O)s1. The first-order chi connectivity index (χ1) is 9.47. The van der Waals surface area contributed by atoms with Gasteiger partial charge in [0.25, 0.3) is 5.91 Å². The lowest BCUT2D eigenvalue weighted by molar-refractivity contribution is 0.102. The Morgan fingerprint density at radius 2 is 2.20 bits per heavy atom. The molecule has 1 heterocycles. The Morgan fingerprint density at radius 3 is 2.90 bits per heavy atom. The summed E-state index contributed by atoms with van der Waals surface area (Å²) in [7, 11) is 0. The van der Waals surface area contributed by atoms with Gasteiger partial charge < -0.3 is 10.8 Å². The smallest absolute Gasteiger partial charge is 0.261 e. The average molecular weight is 292 g/mol. The van der Waals surface area contributed by atoms with E-state index in [0.717, 1.165) is 11.4 Å². The van der Waals surface area contributed by atoms with E-state index in [1.165, 1.54) is 23.5 Å². The number of carbonyl (C=O) groups is 1. The topological polar surface area (TPSA) is 101 Å². The van der Waals surface area contributed by atoms with Gasteiger partial charge in [-0.25, -0.2) is 0 Å². The molecule has 1 amide bonds. The minimum atomic E-state index is -0.456. The Hall–Kier alpha value is -2.15. The van der Waals surface area contributed by atoms with Crippen molar-refractivity contribution in [2.45, 2.75) is 20.3 Å². The zero-order valence-corrected chi connectivity index (χ0v) is 12.1. The number of hydrogen-bond acceptors (Lipinski definition) is 6. The number of para-hydroxylation sites is 1. The van der Waals surface area contributed by atoms with Crippen LogP contribution < -0.4 is 11.1 Å². The molecule has 2 aromatic rings. The molecule has 0 aliphatic carbocycles. The molecule has 0 aliphatic rings. The van der Waals surface area contributed by atoms with Crippen LogP contribution >= 0.6 is 11.3 Å². The first kappa shape index (κ1) is 14.3. The average Bonchev–Trinajstić information content (AvgIpc) is 2.79. The molecule has 0 aliphatic heterocycles. The molecule has 20 heavy (non-hydrogen) atoms. The van der Waals surface area contributed by atoms with Crippen molar-refractivity contribution in [3.05, 3.63) is 28.8 Å². The van der Waals surface area contributed by atoms with Crippen LogP contribution in [0.5, 0.6) is 5.75 Å². The van der Waals surface area contributed by atoms with E-state index in [1.807, 2.05) is 0 Å². The van der Waals surface area contributed by atoms with Gasteiger partial charge in [-0.15, -0.1) is 10.2 Å². The fourth-order valence-corrected chi connectivity index (χ4v) is 2.59. The van der Waals surface area contributed by atoms with Crippen molar-refractivity contribution < 1.29 is 9.90 Å². The molecule has 0 saturated heterocycles. The maximum absolute atomic E-state index is 12.0. The lowest BCUT2D eigenvalue weighted by atomic mass is 10.1. The summed E-state index contributed by atoms with van der Waals surface area (Å²) in [5.74, 6) is -0.205. The number of nitrogens with one attached hydrogen (secondary N) is 1. The maximum atomic E-state index is 12.0. The Bertz CT molecular complexity index is 625. The van der Waals surface area contributed by atoms with Crippen molar-refractivity contribution in [2.75, 3.05) is 11.1 Å². The van der Waals surface area contributed by atoms with Crippen molar-refractivity contribution in [1.29, 1.82) is 0 Å². The van der Waals surface area contributed by atoms with Crippen LogP contribution in [-0.4, -0.2) is 21.2 Å². The standard InChI is InChI=1S/C13H16N4O2S/c1-7(2)6-10-16-17-13(20-10)15-12(19)8-4-3-5-9(14)11(8)18/h3-5,7,18H,6,14H2,1-2H3,(H,15,17,19). The molecule has 0 spiro atoms. The molecule has 0 unspecified atom stereocenters. The molecule has 1 aromatic heterocycles. The number of aromatic nitrogens is 2. The first-order valence-electron chi connectivity index (χ1n) is 6.18. The fourth-order valence-electron chi connectivity index (χ4n) is 1.64. The first-order valence-corrected chi connectivity index (χ1v) is 7.00. The van der Waals surface area contributed by atoms with Gasteiger partial charge >= 0.3 is 0 Å². The zero-order valence-electron chi connectivity index (χ0n) is 11.3. The summed E-state index contributed by atoms with van der Waals surface area (Å²) >= 11 is 1.33. The van der Waals surface area contributed by atoms with Crippen LogP contribution in [0.2, 0.25) is 0 Å². The second-order valence-electron chi connectivity index (χ2n) is 4.80. The Kier molecular flexibility index (Phi) is 4.19. The highest BCUT2D eigenvalue weighted by molar-refractivity contribution is 7.15. The summed E-state index contributed by atoms with van der Waals surface area (Å²) < 4.78 is 0. The molecule has 1 aromatic carbocycles. The lowest BCUT2D eigenvalue weighted by Crippen LogP contribution is -2.12. The van der Waals surface area contributed by atoms with E-state index in [-0.39, 0.29) is 17.0 Å². The number of phenolic OH excluding ortho intramolecular Hbond substituents is 1. The molecule has 0 saturated carbocycles. The number of nitrogen functional groups attached to an aromatic ring is 1. The van der Waals surface area contributed by atoms with Crippen molar-refractivity contribution in [3.63, 3.8) is 0 Å². The molecule has 4 N–H and O–H groups in total. The van der Waals surface area contributed by atoms with Gasteiger partial charge in [-0.3, -0.25) is 10.1 Å². The van der Waals surface area contributed by atoms with E-state index in [2.05, 4.69) is 29.4 Å². The van der Waals surface area contributed by atoms with Crippen LogP contribution in [-0.2, 0) is 6.42 Å². The van der Waals surface area contributed by atoms with E-state index in [0.29, 0.717) is 11.0 Å². The van der Waals surface area contributed by atoms with Crippen LogP contribution in [0.15, 0.2) is 18.2 Å². The van der Waals surface area contributed by atoms with Gasteiger partial charge in [0.2, 0.25) is 5.13 Å². The third kappa shape index (κ3) is 3.24. The van der Waals surface area contributed by atoms with Gasteiger partial charge in [0.15, 0.2) is 5.75 Å². The summed E-state index contributed by atoms with van der Waals surface area (Å²) in [5.41, 5.74) is 5.83. The Balaban J connectivity index is 2.11. The van der Waals surface area contributed by atoms with Crippen LogP contribution in [0.3, 0.4) is 0 Å². The molecule has 0 fully saturated rings. The largest absolute Gasteiger partial charge is 0.505 e. The monoisotopic (exact) mass is 292 g/mol. The minimum Gasteiger partial charge on any atom is -0.505 e. The molecule has 2 rings (SSSR count). The summed E-state index contributed by atoms with van der Waals surface area (Å²) in [6, 6.07) is 4.63. The van der Waals surface area contributed by atoms with Gasteiger partial charge in [0.1, 0.15) is 5.01 Å². The predicted octanol–water partition coefficient (Wildman–Crippen LogP) is 2.28. The van der Waals surface area contributed by atoms with E-state index in [1.54, 1.807) is 6.07 Å². The highest BCUT2D eigenvalue weighted by atomic mass is 32.1. The van der Waals surface area contributed by atoms with E-state index in [9.17, 15) is 9.90 Å². The number of anilines is 2. The van der Waals surface area contributed by atoms with Crippen molar-refractivity contribution >= 4 is 28.1 Å². The number of aromatic hydroxyl groups is 1. The zero-order chi connectivity index (χ0) is 14.7. The molecule has 7 heteroatoms. The molecule has 0 atom stereocenters. The summed E-state index contributed by atoms with van der Waals surface area (Å²) in [4.78, 5) is 12.0. The van der Waals surface area contributed by atoms with Crippen LogP contribution in [0.25, 0.3) is 0 Å². The maximum Gasteiger partial charge on any atom is 0.261 e. The molecular weight excluding hydrogens is 276 g/mol. The molecule has 106 valence electrons. The second-order valence-corrected chi connectivity index (χ2v) is 5.86. The van der Waals surface area contributed by atoms with Crippen LogP contribution in [0.1, 0.15) is 29.2 Å². The number of carbonyl (C=O) groups excluding carboxylic acids is 1. The Labute approximate surface area is 120 Å². The fraction of sp³-hybridized carbons (Fsp3) is 0.308. The number of amides is 1. The third-order valence-corrected chi connectivity index (χ3v) is 3.44. The Morgan fingerprint density at radius 1 is 1.45 bits per heavy atom. The van der Waals surface area contributed by atoms with Crippen molar-refractivity contribution in [1.82, 2.24) is 10.2 Å². The summed E-state index contributed by atoms with van der Waals surface area (Å²) in [6.45, 7) is 4.18. The number of benzene rings is 1. The van der Waals surface area contributed by atoms with Gasteiger partial charge in [-0.2, -0.15) is 0 Å². The van der Waals surface area contributed by atoms with Crippen molar-refractivity contribution in [3.8, 4) is 5.75 Å².